The fraction of sp³-hybridized carbons (Fsp3) is 0.875. The third-order valence-electron chi connectivity index (χ3n) is 6.14. The zero-order valence-corrected chi connectivity index (χ0v) is 14.4. The van der Waals surface area contributed by atoms with Crippen molar-refractivity contribution >= 4 is 5.91 Å². The van der Waals surface area contributed by atoms with Crippen molar-refractivity contribution in [3.8, 4) is 0 Å². The van der Waals surface area contributed by atoms with Crippen LogP contribution in [0.5, 0.6) is 0 Å². The first kappa shape index (κ1) is 16.0. The second-order valence-electron chi connectivity index (χ2n) is 7.51. The summed E-state index contributed by atoms with van der Waals surface area (Å²) in [6, 6.07) is 0.700. The van der Waals surface area contributed by atoms with Crippen LogP contribution in [0.4, 0.5) is 0 Å². The molecule has 1 saturated heterocycles. The van der Waals surface area contributed by atoms with E-state index in [4.69, 9.17) is 5.73 Å². The number of carbonyl (C=O) groups is 1. The molecule has 3 aliphatic rings. The summed E-state index contributed by atoms with van der Waals surface area (Å²) < 4.78 is 2.00. The van der Waals surface area contributed by atoms with Gasteiger partial charge < -0.3 is 5.73 Å². The highest BCUT2D eigenvalue weighted by Gasteiger charge is 2.46. The Hall–Kier alpha value is -1.54. The van der Waals surface area contributed by atoms with Crippen molar-refractivity contribution in [2.24, 2.45) is 5.73 Å². The van der Waals surface area contributed by atoms with Gasteiger partial charge in [0.25, 0.3) is 0 Å². The molecule has 4 rings (SSSR count). The monoisotopic (exact) mass is 333 g/mol. The van der Waals surface area contributed by atoms with E-state index in [9.17, 15) is 4.79 Å². The molecule has 1 amide bonds. The quantitative estimate of drug-likeness (QED) is 0.843. The van der Waals surface area contributed by atoms with Gasteiger partial charge in [-0.3, -0.25) is 14.6 Å². The van der Waals surface area contributed by atoms with Gasteiger partial charge in [0, 0.05) is 26.2 Å². The van der Waals surface area contributed by atoms with Gasteiger partial charge in [0.15, 0.2) is 5.82 Å². The average molecular weight is 333 g/mol. The van der Waals surface area contributed by atoms with Gasteiger partial charge in [-0.05, 0) is 43.0 Å². The lowest BCUT2D eigenvalue weighted by Crippen LogP contribution is -2.61. The lowest BCUT2D eigenvalue weighted by Gasteiger charge is -2.45. The molecule has 8 heteroatoms. The number of nitrogens with zero attached hydrogens (tertiary/aromatic N) is 6. The number of aromatic nitrogens is 4. The number of hydrogen-bond donors (Lipinski definition) is 1. The summed E-state index contributed by atoms with van der Waals surface area (Å²) in [5.74, 6) is 0.829. The Morgan fingerprint density at radius 2 is 1.88 bits per heavy atom. The lowest BCUT2D eigenvalue weighted by atomic mass is 9.93. The van der Waals surface area contributed by atoms with E-state index in [-0.39, 0.29) is 11.9 Å². The SMILES string of the molecule is CC(c1nnnn1C1CC1)N1CCN(C2(C(N)=O)CCCC2)CC1. The van der Waals surface area contributed by atoms with Gasteiger partial charge in [-0.1, -0.05) is 12.8 Å². The molecule has 0 radical (unpaired) electrons. The van der Waals surface area contributed by atoms with Crippen molar-refractivity contribution in [3.63, 3.8) is 0 Å². The Labute approximate surface area is 142 Å². The van der Waals surface area contributed by atoms with E-state index in [1.165, 1.54) is 12.8 Å². The van der Waals surface area contributed by atoms with E-state index in [1.807, 2.05) is 4.68 Å². The number of amides is 1. The van der Waals surface area contributed by atoms with Gasteiger partial charge in [0.1, 0.15) is 5.54 Å². The van der Waals surface area contributed by atoms with Crippen molar-refractivity contribution in [1.82, 2.24) is 30.0 Å². The van der Waals surface area contributed by atoms with Crippen molar-refractivity contribution in [2.75, 3.05) is 26.2 Å². The topological polar surface area (TPSA) is 93.2 Å². The Morgan fingerprint density at radius 1 is 1.21 bits per heavy atom. The molecule has 0 aromatic carbocycles. The average Bonchev–Trinajstić information content (AvgIpc) is 3.13. The molecule has 3 fully saturated rings. The Balaban J connectivity index is 1.42. The largest absolute Gasteiger partial charge is 0.368 e. The van der Waals surface area contributed by atoms with Crippen LogP contribution < -0.4 is 5.73 Å². The molecule has 24 heavy (non-hydrogen) atoms. The highest BCUT2D eigenvalue weighted by Crippen LogP contribution is 2.38. The van der Waals surface area contributed by atoms with Crippen LogP contribution in [0.2, 0.25) is 0 Å². The Morgan fingerprint density at radius 3 is 2.46 bits per heavy atom. The Kier molecular flexibility index (Phi) is 4.04. The van der Waals surface area contributed by atoms with E-state index >= 15 is 0 Å². The summed E-state index contributed by atoms with van der Waals surface area (Å²) in [6.07, 6.45) is 6.40. The van der Waals surface area contributed by atoms with Crippen LogP contribution in [0.3, 0.4) is 0 Å². The van der Waals surface area contributed by atoms with Gasteiger partial charge in [-0.15, -0.1) is 5.10 Å². The molecule has 1 aromatic heterocycles. The normalized spacial score (nSPS) is 26.5. The lowest BCUT2D eigenvalue weighted by molar-refractivity contribution is -0.131. The number of tetrazole rings is 1. The maximum Gasteiger partial charge on any atom is 0.237 e. The first-order valence-electron chi connectivity index (χ1n) is 9.18. The van der Waals surface area contributed by atoms with Gasteiger partial charge in [-0.25, -0.2) is 4.68 Å². The summed E-state index contributed by atoms with van der Waals surface area (Å²) in [5, 5.41) is 12.3. The predicted octanol–water partition coefficient (Wildman–Crippen LogP) is 0.485. The molecule has 2 N–H and O–H groups in total. The third kappa shape index (κ3) is 2.61. The predicted molar refractivity (Wildman–Crippen MR) is 88.0 cm³/mol. The van der Waals surface area contributed by atoms with Crippen molar-refractivity contribution in [2.45, 2.75) is 63.1 Å². The molecule has 1 unspecified atom stereocenters. The molecule has 2 saturated carbocycles. The van der Waals surface area contributed by atoms with Gasteiger partial charge in [0.2, 0.25) is 5.91 Å². The molecule has 0 bridgehead atoms. The molecule has 1 atom stereocenters. The number of primary amides is 1. The summed E-state index contributed by atoms with van der Waals surface area (Å²) >= 11 is 0. The van der Waals surface area contributed by atoms with Crippen molar-refractivity contribution in [3.05, 3.63) is 5.82 Å². The standard InChI is InChI=1S/C16H27N7O/c1-12(14-18-19-20-23(14)13-4-5-13)21-8-10-22(11-9-21)16(15(17)24)6-2-3-7-16/h12-13H,2-11H2,1H3,(H2,17,24). The molecule has 0 spiro atoms. The van der Waals surface area contributed by atoms with E-state index < -0.39 is 5.54 Å². The van der Waals surface area contributed by atoms with Crippen LogP contribution in [0.15, 0.2) is 0 Å². The van der Waals surface area contributed by atoms with Crippen LogP contribution in [-0.4, -0.2) is 67.6 Å². The summed E-state index contributed by atoms with van der Waals surface area (Å²) in [4.78, 5) is 16.8. The molecular formula is C16H27N7O. The minimum Gasteiger partial charge on any atom is -0.368 e. The van der Waals surface area contributed by atoms with Crippen LogP contribution >= 0.6 is 0 Å². The fourth-order valence-electron chi connectivity index (χ4n) is 4.43. The van der Waals surface area contributed by atoms with Crippen LogP contribution in [0, 0.1) is 0 Å². The summed E-state index contributed by atoms with van der Waals surface area (Å²) in [6.45, 7) is 5.80. The first-order valence-corrected chi connectivity index (χ1v) is 9.18. The van der Waals surface area contributed by atoms with Crippen LogP contribution in [-0.2, 0) is 4.79 Å². The van der Waals surface area contributed by atoms with E-state index in [2.05, 4.69) is 32.2 Å². The van der Waals surface area contributed by atoms with Crippen molar-refractivity contribution < 1.29 is 4.79 Å². The molecular weight excluding hydrogens is 306 g/mol. The molecule has 1 aliphatic heterocycles. The number of hydrogen-bond acceptors (Lipinski definition) is 6. The zero-order chi connectivity index (χ0) is 16.7. The maximum atomic E-state index is 12.1. The second kappa shape index (κ2) is 6.07. The second-order valence-corrected chi connectivity index (χ2v) is 7.51. The van der Waals surface area contributed by atoms with E-state index in [0.717, 1.165) is 57.7 Å². The zero-order valence-electron chi connectivity index (χ0n) is 14.4. The fourth-order valence-corrected chi connectivity index (χ4v) is 4.43. The summed E-state index contributed by atoms with van der Waals surface area (Å²) in [5.41, 5.74) is 5.37. The molecule has 1 aromatic rings. The third-order valence-corrected chi connectivity index (χ3v) is 6.14. The minimum atomic E-state index is -0.398. The van der Waals surface area contributed by atoms with E-state index in [0.29, 0.717) is 6.04 Å². The highest BCUT2D eigenvalue weighted by molar-refractivity contribution is 5.85. The number of nitrogens with two attached hydrogens (primary N) is 1. The maximum absolute atomic E-state index is 12.1. The van der Waals surface area contributed by atoms with Crippen LogP contribution in [0.25, 0.3) is 0 Å². The molecule has 132 valence electrons. The first-order chi connectivity index (χ1) is 11.6. The molecule has 2 heterocycles. The Bertz CT molecular complexity index is 597. The smallest absolute Gasteiger partial charge is 0.237 e. The van der Waals surface area contributed by atoms with Gasteiger partial charge in [0.05, 0.1) is 12.1 Å². The molecule has 8 nitrogen and oxygen atoms in total. The van der Waals surface area contributed by atoms with Gasteiger partial charge >= 0.3 is 0 Å². The highest BCUT2D eigenvalue weighted by atomic mass is 16.1. The van der Waals surface area contributed by atoms with Crippen LogP contribution in [0.1, 0.15) is 63.4 Å². The van der Waals surface area contributed by atoms with Gasteiger partial charge in [-0.2, -0.15) is 0 Å². The number of rotatable bonds is 5. The summed E-state index contributed by atoms with van der Waals surface area (Å²) in [7, 11) is 0. The van der Waals surface area contributed by atoms with E-state index in [1.54, 1.807) is 0 Å². The van der Waals surface area contributed by atoms with Crippen molar-refractivity contribution in [1.29, 1.82) is 0 Å². The minimum absolute atomic E-state index is 0.140. The number of carbonyl (C=O) groups excluding carboxylic acids is 1. The number of piperazine rings is 1. The molecule has 2 aliphatic carbocycles.